The number of H-pyrrole nitrogens is 1. The number of nitrogens with one attached hydrogen (secondary N) is 2. The molecule has 0 bridgehead atoms. The van der Waals surface area contributed by atoms with E-state index in [0.717, 1.165) is 17.0 Å². The molecule has 3 aliphatic rings. The molecule has 3 aromatic rings. The average Bonchev–Trinajstić information content (AvgIpc) is 3.68. The zero-order valence-corrected chi connectivity index (χ0v) is 23.7. The number of rotatable bonds is 6. The zero-order chi connectivity index (χ0) is 28.0. The molecule has 2 aromatic heterocycles. The molecule has 13 heteroatoms. The summed E-state index contributed by atoms with van der Waals surface area (Å²) in [4.78, 5) is 37.8. The first-order valence-corrected chi connectivity index (χ1v) is 15.5. The van der Waals surface area contributed by atoms with Gasteiger partial charge in [-0.2, -0.15) is 4.31 Å². The number of thiazole rings is 1. The number of hydrogen-bond donors (Lipinski definition) is 2. The van der Waals surface area contributed by atoms with Crippen molar-refractivity contribution in [3.63, 3.8) is 0 Å². The van der Waals surface area contributed by atoms with E-state index in [-0.39, 0.29) is 30.6 Å². The van der Waals surface area contributed by atoms with Crippen molar-refractivity contribution in [3.8, 4) is 12.3 Å². The van der Waals surface area contributed by atoms with Crippen LogP contribution in [0.3, 0.4) is 0 Å². The van der Waals surface area contributed by atoms with Crippen LogP contribution in [0.2, 0.25) is 0 Å². The fourth-order valence-electron chi connectivity index (χ4n) is 5.49. The van der Waals surface area contributed by atoms with Crippen LogP contribution in [0.1, 0.15) is 39.3 Å². The molecule has 2 unspecified atom stereocenters. The van der Waals surface area contributed by atoms with Gasteiger partial charge < -0.3 is 24.8 Å². The van der Waals surface area contributed by atoms with Crippen LogP contribution in [-0.4, -0.2) is 95.9 Å². The molecule has 2 saturated heterocycles. The van der Waals surface area contributed by atoms with Crippen LogP contribution in [-0.2, 0) is 27.7 Å². The highest BCUT2D eigenvalue weighted by atomic mass is 32.2. The first-order chi connectivity index (χ1) is 19.2. The van der Waals surface area contributed by atoms with E-state index in [1.165, 1.54) is 15.6 Å². The predicted octanol–water partition coefficient (Wildman–Crippen LogP) is 2.00. The van der Waals surface area contributed by atoms with Gasteiger partial charge in [-0.05, 0) is 37.6 Å². The highest BCUT2D eigenvalue weighted by Crippen LogP contribution is 2.29. The van der Waals surface area contributed by atoms with Crippen molar-refractivity contribution in [2.24, 2.45) is 0 Å². The Hall–Kier alpha value is -3.44. The lowest BCUT2D eigenvalue weighted by Gasteiger charge is -2.40. The molecule has 2 atom stereocenters. The first kappa shape index (κ1) is 26.8. The van der Waals surface area contributed by atoms with Gasteiger partial charge in [0.1, 0.15) is 11.6 Å². The van der Waals surface area contributed by atoms with E-state index >= 15 is 0 Å². The Morgan fingerprint density at radius 2 is 2.12 bits per heavy atom. The Labute approximate surface area is 236 Å². The molecule has 3 aliphatic heterocycles. The van der Waals surface area contributed by atoms with Gasteiger partial charge in [0, 0.05) is 72.6 Å². The fraction of sp³-hybridized carbons (Fsp3) is 0.444. The van der Waals surface area contributed by atoms with Gasteiger partial charge in [0.25, 0.3) is 15.9 Å². The third-order valence-electron chi connectivity index (χ3n) is 7.74. The molecule has 1 aromatic carbocycles. The second-order valence-corrected chi connectivity index (χ2v) is 13.4. The minimum absolute atomic E-state index is 0.0764. The lowest BCUT2D eigenvalue weighted by Crippen LogP contribution is -2.57. The molecule has 0 spiro atoms. The van der Waals surface area contributed by atoms with Gasteiger partial charge in [-0.25, -0.2) is 18.2 Å². The number of fused-ring (bicyclic) bond motifs is 2. The van der Waals surface area contributed by atoms with Gasteiger partial charge in [0.2, 0.25) is 0 Å². The molecule has 2 fully saturated rings. The lowest BCUT2D eigenvalue weighted by molar-refractivity contribution is 0.0538. The zero-order valence-electron chi connectivity index (χ0n) is 22.1. The van der Waals surface area contributed by atoms with Gasteiger partial charge in [-0.15, -0.1) is 17.8 Å². The molecule has 40 heavy (non-hydrogen) atoms. The van der Waals surface area contributed by atoms with Crippen molar-refractivity contribution >= 4 is 44.3 Å². The monoisotopic (exact) mass is 582 g/mol. The topological polar surface area (TPSA) is 128 Å². The van der Waals surface area contributed by atoms with Crippen LogP contribution < -0.4 is 5.32 Å². The first-order valence-electron chi connectivity index (χ1n) is 13.3. The minimum atomic E-state index is -3.89. The summed E-state index contributed by atoms with van der Waals surface area (Å²) in [6.07, 6.45) is 6.29. The Morgan fingerprint density at radius 3 is 2.90 bits per heavy atom. The normalized spacial score (nSPS) is 21.9. The Morgan fingerprint density at radius 1 is 1.27 bits per heavy atom. The smallest absolute Gasteiger partial charge is 0.409 e. The standard InChI is InChI=1S/C27H30N6O5S2/c1-3-18-4-5-21-19(13-18)14-24(29-21)40(36,37)32-8-9-33(20(16-32)6-7-31-10-11-38-27(31)35)26(34)25-30-22-12-17(2)28-15-23(22)39-25/h1,4-5,13-14,17,20,28-29H,6-12,15-16H2,2H3. The van der Waals surface area contributed by atoms with Crippen molar-refractivity contribution in [2.75, 3.05) is 39.3 Å². The summed E-state index contributed by atoms with van der Waals surface area (Å²) in [7, 11) is -3.89. The van der Waals surface area contributed by atoms with E-state index in [4.69, 9.17) is 11.2 Å². The fourth-order valence-corrected chi connectivity index (χ4v) is 7.97. The average molecular weight is 583 g/mol. The number of hydrogen-bond acceptors (Lipinski definition) is 8. The van der Waals surface area contributed by atoms with E-state index in [2.05, 4.69) is 28.1 Å². The van der Waals surface area contributed by atoms with Gasteiger partial charge in [-0.1, -0.05) is 5.92 Å². The number of nitrogens with zero attached hydrogens (tertiary/aromatic N) is 4. The number of carbonyl (C=O) groups is 2. The summed E-state index contributed by atoms with van der Waals surface area (Å²) >= 11 is 1.39. The second-order valence-electron chi connectivity index (χ2n) is 10.4. The van der Waals surface area contributed by atoms with Crippen LogP contribution >= 0.6 is 11.3 Å². The van der Waals surface area contributed by atoms with Gasteiger partial charge in [-0.3, -0.25) is 4.79 Å². The number of benzene rings is 1. The number of ether oxygens (including phenoxy) is 1. The van der Waals surface area contributed by atoms with Gasteiger partial charge in [0.05, 0.1) is 12.2 Å². The number of sulfonamides is 1. The molecule has 11 nitrogen and oxygen atoms in total. The third kappa shape index (κ3) is 4.96. The lowest BCUT2D eigenvalue weighted by atomic mass is 10.1. The minimum Gasteiger partial charge on any atom is -0.448 e. The highest BCUT2D eigenvalue weighted by Gasteiger charge is 2.39. The number of carbonyl (C=O) groups excluding carboxylic acids is 2. The molecule has 6 rings (SSSR count). The summed E-state index contributed by atoms with van der Waals surface area (Å²) in [5.74, 6) is 2.36. The predicted molar refractivity (Wildman–Crippen MR) is 149 cm³/mol. The van der Waals surface area contributed by atoms with Crippen molar-refractivity contribution < 1.29 is 22.7 Å². The summed E-state index contributed by atoms with van der Waals surface area (Å²) in [6, 6.07) is 6.73. The molecule has 0 radical (unpaired) electrons. The molecule has 210 valence electrons. The van der Waals surface area contributed by atoms with Gasteiger partial charge in [0.15, 0.2) is 5.01 Å². The third-order valence-corrected chi connectivity index (χ3v) is 10.6. The van der Waals surface area contributed by atoms with E-state index in [9.17, 15) is 18.0 Å². The van der Waals surface area contributed by atoms with Crippen LogP contribution in [0.25, 0.3) is 10.9 Å². The maximum Gasteiger partial charge on any atom is 0.409 e. The number of terminal acetylenes is 1. The number of aromatic amines is 1. The van der Waals surface area contributed by atoms with Crippen molar-refractivity contribution in [1.82, 2.24) is 29.4 Å². The van der Waals surface area contributed by atoms with Crippen LogP contribution in [0, 0.1) is 12.3 Å². The maximum absolute atomic E-state index is 13.7. The van der Waals surface area contributed by atoms with E-state index in [1.54, 1.807) is 34.1 Å². The van der Waals surface area contributed by atoms with Crippen LogP contribution in [0.15, 0.2) is 29.3 Å². The van der Waals surface area contributed by atoms with Gasteiger partial charge >= 0.3 is 6.09 Å². The van der Waals surface area contributed by atoms with Crippen molar-refractivity contribution in [1.29, 1.82) is 0 Å². The number of piperazine rings is 1. The van der Waals surface area contributed by atoms with E-state index < -0.39 is 22.2 Å². The summed E-state index contributed by atoms with van der Waals surface area (Å²) in [5, 5.41) is 4.61. The largest absolute Gasteiger partial charge is 0.448 e. The maximum atomic E-state index is 13.7. The number of cyclic esters (lactones) is 1. The molecular weight excluding hydrogens is 552 g/mol. The molecule has 2 amide bonds. The Bertz CT molecular complexity index is 1620. The SMILES string of the molecule is C#Cc1ccc2[nH]c(S(=O)(=O)N3CCN(C(=O)c4nc5c(s4)CNC(C)C5)C(CCN4CCOC4=O)C3)cc2c1. The number of amides is 2. The quantitative estimate of drug-likeness (QED) is 0.426. The molecule has 0 saturated carbocycles. The molecule has 0 aliphatic carbocycles. The Balaban J connectivity index is 1.25. The second kappa shape index (κ2) is 10.5. The highest BCUT2D eigenvalue weighted by molar-refractivity contribution is 7.89. The number of aromatic nitrogens is 2. The summed E-state index contributed by atoms with van der Waals surface area (Å²) in [6.45, 7) is 4.39. The van der Waals surface area contributed by atoms with Crippen molar-refractivity contribution in [3.05, 3.63) is 45.4 Å². The van der Waals surface area contributed by atoms with E-state index in [0.29, 0.717) is 60.2 Å². The van der Waals surface area contributed by atoms with Crippen molar-refractivity contribution in [2.45, 2.75) is 43.4 Å². The summed E-state index contributed by atoms with van der Waals surface area (Å²) in [5.41, 5.74) is 2.29. The molecule has 2 N–H and O–H groups in total. The van der Waals surface area contributed by atoms with Crippen LogP contribution in [0.5, 0.6) is 0 Å². The van der Waals surface area contributed by atoms with E-state index in [1.807, 2.05) is 0 Å². The molecular formula is C27H30N6O5S2. The van der Waals surface area contributed by atoms with Crippen LogP contribution in [0.4, 0.5) is 4.79 Å². The molecule has 5 heterocycles. The summed E-state index contributed by atoms with van der Waals surface area (Å²) < 4.78 is 33.9. The Kier molecular flexibility index (Phi) is 7.03.